The van der Waals surface area contributed by atoms with Gasteiger partial charge in [-0.3, -0.25) is 0 Å². The molecular weight excluding hydrogens is 461 g/mol. The molecule has 0 radical (unpaired) electrons. The van der Waals surface area contributed by atoms with E-state index in [1.165, 1.54) is 12.4 Å². The van der Waals surface area contributed by atoms with Crippen molar-refractivity contribution in [2.45, 2.75) is 26.1 Å². The highest BCUT2D eigenvalue weighted by Gasteiger charge is 2.34. The van der Waals surface area contributed by atoms with Gasteiger partial charge in [0.05, 0.1) is 5.56 Å². The van der Waals surface area contributed by atoms with E-state index >= 15 is 0 Å². The molecule has 0 saturated carbocycles. The van der Waals surface area contributed by atoms with E-state index in [1.807, 2.05) is 6.92 Å². The number of carbonyl (C=O) groups is 1. The second-order valence-corrected chi connectivity index (χ2v) is 6.63. The lowest BCUT2D eigenvalue weighted by molar-refractivity contribution is -0.276. The third kappa shape index (κ3) is 5.76. The van der Waals surface area contributed by atoms with Gasteiger partial charge in [0, 0.05) is 24.5 Å². The Kier molecular flexibility index (Phi) is 6.84. The van der Waals surface area contributed by atoms with Crippen molar-refractivity contribution in [3.8, 4) is 22.6 Å². The molecule has 0 saturated heterocycles. The highest BCUT2D eigenvalue weighted by molar-refractivity contribution is 5.87. The standard InChI is InChI=1S/C21H13F7N2O3/c1-2-3-10-8-29-19(30-9-10)20(31)32-12-6-13(22)17(14(23)7-12)11-4-15(24)18(16(25)5-11)33-21(26,27)28/h4-9H,2-3H2,1H3. The van der Waals surface area contributed by atoms with Crippen LogP contribution in [-0.4, -0.2) is 22.3 Å². The normalized spacial score (nSPS) is 11.4. The Hall–Kier alpha value is -3.70. The van der Waals surface area contributed by atoms with Crippen molar-refractivity contribution in [2.75, 3.05) is 0 Å². The Balaban J connectivity index is 1.86. The molecule has 33 heavy (non-hydrogen) atoms. The number of benzene rings is 2. The van der Waals surface area contributed by atoms with Gasteiger partial charge in [-0.1, -0.05) is 13.3 Å². The molecule has 0 bridgehead atoms. The Morgan fingerprint density at radius 3 is 1.94 bits per heavy atom. The fourth-order valence-corrected chi connectivity index (χ4v) is 2.83. The second kappa shape index (κ2) is 9.43. The van der Waals surface area contributed by atoms with E-state index < -0.39 is 58.2 Å². The largest absolute Gasteiger partial charge is 0.573 e. The molecular formula is C21H13F7N2O3. The summed E-state index contributed by atoms with van der Waals surface area (Å²) in [6.45, 7) is 1.93. The molecule has 0 unspecified atom stereocenters. The number of rotatable bonds is 6. The molecule has 0 N–H and O–H groups in total. The van der Waals surface area contributed by atoms with Crippen LogP contribution in [0.15, 0.2) is 36.7 Å². The molecule has 0 aliphatic carbocycles. The summed E-state index contributed by atoms with van der Waals surface area (Å²) >= 11 is 0. The molecule has 174 valence electrons. The van der Waals surface area contributed by atoms with Crippen LogP contribution in [0.3, 0.4) is 0 Å². The van der Waals surface area contributed by atoms with E-state index in [-0.39, 0.29) is 18.0 Å². The average molecular weight is 474 g/mol. The average Bonchev–Trinajstić information content (AvgIpc) is 2.70. The van der Waals surface area contributed by atoms with Crippen LogP contribution < -0.4 is 9.47 Å². The van der Waals surface area contributed by atoms with Gasteiger partial charge in [0.25, 0.3) is 0 Å². The SMILES string of the molecule is CCCc1cnc(C(=O)Oc2cc(F)c(-c3cc(F)c(OC(F)(F)F)c(F)c3)c(F)c2)nc1. The molecule has 0 atom stereocenters. The highest BCUT2D eigenvalue weighted by Crippen LogP contribution is 2.35. The lowest BCUT2D eigenvalue weighted by Crippen LogP contribution is -2.19. The van der Waals surface area contributed by atoms with Gasteiger partial charge < -0.3 is 9.47 Å². The van der Waals surface area contributed by atoms with Gasteiger partial charge >= 0.3 is 12.3 Å². The number of aryl methyl sites for hydroxylation is 1. The van der Waals surface area contributed by atoms with Crippen molar-refractivity contribution >= 4 is 5.97 Å². The summed E-state index contributed by atoms with van der Waals surface area (Å²) in [5.41, 5.74) is -0.949. The maximum Gasteiger partial charge on any atom is 0.573 e. The lowest BCUT2D eigenvalue weighted by Gasteiger charge is -2.13. The lowest BCUT2D eigenvalue weighted by atomic mass is 10.0. The number of carbonyl (C=O) groups excluding carboxylic acids is 1. The molecule has 0 amide bonds. The summed E-state index contributed by atoms with van der Waals surface area (Å²) in [6.07, 6.45) is -1.09. The number of nitrogens with zero attached hydrogens (tertiary/aromatic N) is 2. The molecule has 1 heterocycles. The first-order valence-electron chi connectivity index (χ1n) is 9.25. The van der Waals surface area contributed by atoms with E-state index in [1.54, 1.807) is 0 Å². The summed E-state index contributed by atoms with van der Waals surface area (Å²) < 4.78 is 102. The fraction of sp³-hybridized carbons (Fsp3) is 0.190. The van der Waals surface area contributed by atoms with Crippen molar-refractivity contribution in [3.63, 3.8) is 0 Å². The molecule has 1 aromatic heterocycles. The minimum Gasteiger partial charge on any atom is -0.420 e. The van der Waals surface area contributed by atoms with Crippen LogP contribution in [0.4, 0.5) is 30.7 Å². The molecule has 0 aliphatic rings. The van der Waals surface area contributed by atoms with E-state index in [2.05, 4.69) is 14.7 Å². The summed E-state index contributed by atoms with van der Waals surface area (Å²) in [6, 6.07) is 1.64. The second-order valence-electron chi connectivity index (χ2n) is 6.63. The van der Waals surface area contributed by atoms with Gasteiger partial charge in [-0.15, -0.1) is 13.2 Å². The van der Waals surface area contributed by atoms with Gasteiger partial charge in [0.1, 0.15) is 17.4 Å². The molecule has 12 heteroatoms. The Morgan fingerprint density at radius 1 is 0.909 bits per heavy atom. The van der Waals surface area contributed by atoms with Gasteiger partial charge in [-0.05, 0) is 29.7 Å². The summed E-state index contributed by atoms with van der Waals surface area (Å²) in [4.78, 5) is 19.7. The maximum absolute atomic E-state index is 14.5. The van der Waals surface area contributed by atoms with Crippen molar-refractivity contribution in [1.82, 2.24) is 9.97 Å². The van der Waals surface area contributed by atoms with Crippen LogP contribution >= 0.6 is 0 Å². The monoisotopic (exact) mass is 474 g/mol. The van der Waals surface area contributed by atoms with Crippen molar-refractivity contribution < 1.29 is 45.0 Å². The van der Waals surface area contributed by atoms with E-state index in [0.29, 0.717) is 18.6 Å². The molecule has 3 aromatic rings. The minimum atomic E-state index is -5.38. The number of aromatic nitrogens is 2. The van der Waals surface area contributed by atoms with Crippen LogP contribution in [0.5, 0.6) is 11.5 Å². The number of halogens is 7. The quantitative estimate of drug-likeness (QED) is 0.258. The number of hydrogen-bond acceptors (Lipinski definition) is 5. The summed E-state index contributed by atoms with van der Waals surface area (Å²) in [5, 5.41) is 0. The molecule has 3 rings (SSSR count). The number of hydrogen-bond donors (Lipinski definition) is 0. The van der Waals surface area contributed by atoms with Gasteiger partial charge in [0.2, 0.25) is 11.6 Å². The van der Waals surface area contributed by atoms with Crippen LogP contribution in [0.1, 0.15) is 29.5 Å². The predicted molar refractivity (Wildman–Crippen MR) is 99.4 cm³/mol. The van der Waals surface area contributed by atoms with Crippen LogP contribution in [0.2, 0.25) is 0 Å². The first-order chi connectivity index (χ1) is 15.5. The third-order valence-corrected chi connectivity index (χ3v) is 4.16. The van der Waals surface area contributed by atoms with E-state index in [0.717, 1.165) is 12.0 Å². The third-order valence-electron chi connectivity index (χ3n) is 4.16. The topological polar surface area (TPSA) is 61.3 Å². The highest BCUT2D eigenvalue weighted by atomic mass is 19.4. The van der Waals surface area contributed by atoms with E-state index in [4.69, 9.17) is 4.74 Å². The minimum absolute atomic E-state index is 0.267. The Bertz CT molecular complexity index is 1140. The zero-order valence-corrected chi connectivity index (χ0v) is 16.6. The van der Waals surface area contributed by atoms with Crippen LogP contribution in [-0.2, 0) is 6.42 Å². The zero-order chi connectivity index (χ0) is 24.3. The first-order valence-corrected chi connectivity index (χ1v) is 9.25. The number of esters is 1. The van der Waals surface area contributed by atoms with E-state index in [9.17, 15) is 35.5 Å². The zero-order valence-electron chi connectivity index (χ0n) is 16.6. The molecule has 5 nitrogen and oxygen atoms in total. The maximum atomic E-state index is 14.5. The smallest absolute Gasteiger partial charge is 0.420 e. The van der Waals surface area contributed by atoms with Gasteiger partial charge in [0.15, 0.2) is 11.6 Å². The fourth-order valence-electron chi connectivity index (χ4n) is 2.83. The van der Waals surface area contributed by atoms with Gasteiger partial charge in [-0.25, -0.2) is 32.3 Å². The van der Waals surface area contributed by atoms with Crippen LogP contribution in [0, 0.1) is 23.3 Å². The molecule has 0 fully saturated rings. The van der Waals surface area contributed by atoms with Crippen molar-refractivity contribution in [1.29, 1.82) is 0 Å². The van der Waals surface area contributed by atoms with Crippen LogP contribution in [0.25, 0.3) is 11.1 Å². The first kappa shape index (κ1) is 24.0. The number of ether oxygens (including phenoxy) is 2. The van der Waals surface area contributed by atoms with Crippen molar-refractivity contribution in [2.24, 2.45) is 0 Å². The molecule has 0 aliphatic heterocycles. The Labute approximate surface area is 181 Å². The van der Waals surface area contributed by atoms with Crippen molar-refractivity contribution in [3.05, 3.63) is 71.3 Å². The molecule has 0 spiro atoms. The summed E-state index contributed by atoms with van der Waals surface area (Å²) in [7, 11) is 0. The summed E-state index contributed by atoms with van der Waals surface area (Å²) in [5.74, 6) is -10.3. The number of alkyl halides is 3. The molecule has 2 aromatic carbocycles. The van der Waals surface area contributed by atoms with Gasteiger partial charge in [-0.2, -0.15) is 0 Å². The predicted octanol–water partition coefficient (Wildman–Crippen LogP) is 5.77. The Morgan fingerprint density at radius 2 is 1.45 bits per heavy atom.